The molecule has 8 nitrogen and oxygen atoms in total. The Morgan fingerprint density at radius 3 is 2.50 bits per heavy atom. The second-order valence-electron chi connectivity index (χ2n) is 8.48. The first-order valence-corrected chi connectivity index (χ1v) is 11.3. The number of amides is 1. The lowest BCUT2D eigenvalue weighted by atomic mass is 9.86. The minimum absolute atomic E-state index is 0. The average Bonchev–Trinajstić information content (AvgIpc) is 2.84. The molecular formula is C25H31ClN6O2. The van der Waals surface area contributed by atoms with Crippen LogP contribution in [0.4, 0.5) is 11.8 Å². The summed E-state index contributed by atoms with van der Waals surface area (Å²) in [6, 6.07) is 15.1. The molecule has 2 aromatic heterocycles. The van der Waals surface area contributed by atoms with E-state index in [2.05, 4.69) is 25.6 Å². The van der Waals surface area contributed by atoms with Crippen molar-refractivity contribution in [3.05, 3.63) is 66.5 Å². The van der Waals surface area contributed by atoms with Crippen LogP contribution in [-0.2, 0) is 0 Å². The Morgan fingerprint density at radius 2 is 1.76 bits per heavy atom. The summed E-state index contributed by atoms with van der Waals surface area (Å²) in [7, 11) is 3.93. The molecule has 0 bridgehead atoms. The van der Waals surface area contributed by atoms with Crippen molar-refractivity contribution in [3.8, 4) is 11.6 Å². The van der Waals surface area contributed by atoms with Gasteiger partial charge >= 0.3 is 0 Å². The lowest BCUT2D eigenvalue weighted by Crippen LogP contribution is -2.34. The van der Waals surface area contributed by atoms with Crippen molar-refractivity contribution in [1.29, 1.82) is 0 Å². The Balaban J connectivity index is 0.00000324. The van der Waals surface area contributed by atoms with Gasteiger partial charge in [-0.2, -0.15) is 4.98 Å². The van der Waals surface area contributed by atoms with E-state index >= 15 is 0 Å². The number of rotatable bonds is 8. The molecule has 0 aliphatic heterocycles. The quantitative estimate of drug-likeness (QED) is 0.486. The third-order valence-electron chi connectivity index (χ3n) is 5.80. The molecular weight excluding hydrogens is 452 g/mol. The molecule has 0 atom stereocenters. The van der Waals surface area contributed by atoms with Crippen molar-refractivity contribution < 1.29 is 9.53 Å². The van der Waals surface area contributed by atoms with Crippen LogP contribution in [0.3, 0.4) is 0 Å². The number of nitrogens with zero attached hydrogens (tertiary/aromatic N) is 4. The number of carbonyl (C=O) groups is 1. The van der Waals surface area contributed by atoms with Gasteiger partial charge in [0, 0.05) is 39.1 Å². The first-order valence-electron chi connectivity index (χ1n) is 11.3. The number of ether oxygens (including phenoxy) is 1. The Labute approximate surface area is 206 Å². The molecule has 1 amide bonds. The number of benzene rings is 1. The summed E-state index contributed by atoms with van der Waals surface area (Å²) in [6.07, 6.45) is 7.51. The zero-order valence-electron chi connectivity index (χ0n) is 19.5. The van der Waals surface area contributed by atoms with Crippen LogP contribution in [0.1, 0.15) is 36.0 Å². The summed E-state index contributed by atoms with van der Waals surface area (Å²) in [5.74, 6) is 2.79. The molecule has 9 heteroatoms. The molecule has 1 aromatic carbocycles. The molecule has 1 aliphatic carbocycles. The standard InChI is InChI=1S/C25H30N6O2.ClH/c1-31(2)22-14-16-27-25(30-22)29-19-12-10-18(11-13-19)17-28-23(32)21-9-6-15-26-24(21)33-20-7-4-3-5-8-20;/h3-9,14-16,18-19H,10-13,17H2,1-2H3,(H,28,32)(H,27,29,30);1H/t18-,19+;. The molecule has 0 saturated heterocycles. The fourth-order valence-electron chi connectivity index (χ4n) is 3.94. The number of hydrogen-bond donors (Lipinski definition) is 2. The highest BCUT2D eigenvalue weighted by molar-refractivity contribution is 5.96. The third-order valence-corrected chi connectivity index (χ3v) is 5.80. The summed E-state index contributed by atoms with van der Waals surface area (Å²) >= 11 is 0. The van der Waals surface area contributed by atoms with Crippen molar-refractivity contribution in [2.75, 3.05) is 30.9 Å². The molecule has 0 radical (unpaired) electrons. The van der Waals surface area contributed by atoms with Gasteiger partial charge in [-0.3, -0.25) is 4.79 Å². The molecule has 2 heterocycles. The Bertz CT molecular complexity index is 1060. The van der Waals surface area contributed by atoms with Crippen LogP contribution in [0.2, 0.25) is 0 Å². The van der Waals surface area contributed by atoms with E-state index in [1.165, 1.54) is 0 Å². The van der Waals surface area contributed by atoms with Crippen molar-refractivity contribution >= 4 is 30.1 Å². The van der Waals surface area contributed by atoms with E-state index < -0.39 is 0 Å². The van der Waals surface area contributed by atoms with Crippen LogP contribution in [0.5, 0.6) is 11.6 Å². The van der Waals surface area contributed by atoms with Crippen LogP contribution in [-0.4, -0.2) is 47.5 Å². The van der Waals surface area contributed by atoms with E-state index in [0.717, 1.165) is 31.5 Å². The minimum atomic E-state index is -0.164. The fraction of sp³-hybridized carbons (Fsp3) is 0.360. The predicted molar refractivity (Wildman–Crippen MR) is 136 cm³/mol. The smallest absolute Gasteiger partial charge is 0.256 e. The van der Waals surface area contributed by atoms with Gasteiger partial charge in [-0.1, -0.05) is 18.2 Å². The van der Waals surface area contributed by atoms with Gasteiger partial charge < -0.3 is 20.3 Å². The SMILES string of the molecule is CN(C)c1ccnc(N[C@H]2CC[C@@H](CNC(=O)c3cccnc3Oc3ccccc3)CC2)n1.Cl. The lowest BCUT2D eigenvalue weighted by Gasteiger charge is -2.29. The lowest BCUT2D eigenvalue weighted by molar-refractivity contribution is 0.0940. The Morgan fingerprint density at radius 1 is 1.00 bits per heavy atom. The first-order chi connectivity index (χ1) is 16.1. The fourth-order valence-corrected chi connectivity index (χ4v) is 3.94. The second-order valence-corrected chi connectivity index (χ2v) is 8.48. The highest BCUT2D eigenvalue weighted by Crippen LogP contribution is 2.27. The Kier molecular flexibility index (Phi) is 9.04. The summed E-state index contributed by atoms with van der Waals surface area (Å²) in [4.78, 5) is 27.9. The molecule has 1 saturated carbocycles. The summed E-state index contributed by atoms with van der Waals surface area (Å²) < 4.78 is 5.82. The van der Waals surface area contributed by atoms with Gasteiger partial charge in [-0.05, 0) is 61.9 Å². The monoisotopic (exact) mass is 482 g/mol. The van der Waals surface area contributed by atoms with Gasteiger partial charge in [-0.25, -0.2) is 9.97 Å². The van der Waals surface area contributed by atoms with E-state index in [1.807, 2.05) is 55.4 Å². The van der Waals surface area contributed by atoms with E-state index in [1.54, 1.807) is 24.5 Å². The van der Waals surface area contributed by atoms with Crippen molar-refractivity contribution in [2.24, 2.45) is 5.92 Å². The van der Waals surface area contributed by atoms with Crippen molar-refractivity contribution in [1.82, 2.24) is 20.3 Å². The highest BCUT2D eigenvalue weighted by atomic mass is 35.5. The van der Waals surface area contributed by atoms with Gasteiger partial charge in [0.25, 0.3) is 5.91 Å². The van der Waals surface area contributed by atoms with Crippen LogP contribution < -0.4 is 20.3 Å². The first kappa shape index (κ1) is 25.2. The van der Waals surface area contributed by atoms with Crippen LogP contribution in [0.15, 0.2) is 60.9 Å². The zero-order chi connectivity index (χ0) is 23.0. The van der Waals surface area contributed by atoms with Gasteiger partial charge in [0.05, 0.1) is 0 Å². The van der Waals surface area contributed by atoms with Gasteiger partial charge in [0.1, 0.15) is 17.1 Å². The largest absolute Gasteiger partial charge is 0.438 e. The maximum absolute atomic E-state index is 12.8. The highest BCUT2D eigenvalue weighted by Gasteiger charge is 2.23. The summed E-state index contributed by atoms with van der Waals surface area (Å²) in [5, 5.41) is 6.53. The molecule has 0 unspecified atom stereocenters. The van der Waals surface area contributed by atoms with Crippen LogP contribution in [0, 0.1) is 5.92 Å². The average molecular weight is 483 g/mol. The normalized spacial score (nSPS) is 17.2. The maximum Gasteiger partial charge on any atom is 0.256 e. The number of hydrogen-bond acceptors (Lipinski definition) is 7. The molecule has 3 aromatic rings. The van der Waals surface area contributed by atoms with E-state index in [0.29, 0.717) is 41.6 Å². The topological polar surface area (TPSA) is 92.3 Å². The predicted octanol–water partition coefficient (Wildman–Crippen LogP) is 4.55. The molecule has 2 N–H and O–H groups in total. The molecule has 4 rings (SSSR count). The summed E-state index contributed by atoms with van der Waals surface area (Å²) in [5.41, 5.74) is 0.439. The van der Waals surface area contributed by atoms with E-state index in [4.69, 9.17) is 4.74 Å². The summed E-state index contributed by atoms with van der Waals surface area (Å²) in [6.45, 7) is 0.637. The molecule has 0 spiro atoms. The number of aromatic nitrogens is 3. The molecule has 180 valence electrons. The van der Waals surface area contributed by atoms with Crippen LogP contribution in [0.25, 0.3) is 0 Å². The second kappa shape index (κ2) is 12.2. The molecule has 1 aliphatic rings. The number of nitrogens with one attached hydrogen (secondary N) is 2. The molecule has 1 fully saturated rings. The number of carbonyl (C=O) groups excluding carboxylic acids is 1. The van der Waals surface area contributed by atoms with Gasteiger partial charge in [-0.15, -0.1) is 12.4 Å². The minimum Gasteiger partial charge on any atom is -0.438 e. The maximum atomic E-state index is 12.8. The van der Waals surface area contributed by atoms with Crippen molar-refractivity contribution in [2.45, 2.75) is 31.7 Å². The van der Waals surface area contributed by atoms with E-state index in [9.17, 15) is 4.79 Å². The van der Waals surface area contributed by atoms with Gasteiger partial charge in [0.2, 0.25) is 11.8 Å². The number of pyridine rings is 1. The number of para-hydroxylation sites is 1. The van der Waals surface area contributed by atoms with Crippen molar-refractivity contribution in [3.63, 3.8) is 0 Å². The van der Waals surface area contributed by atoms with E-state index in [-0.39, 0.29) is 18.3 Å². The third kappa shape index (κ3) is 6.81. The van der Waals surface area contributed by atoms with Crippen LogP contribution >= 0.6 is 12.4 Å². The Hall–Kier alpha value is -3.39. The molecule has 34 heavy (non-hydrogen) atoms. The van der Waals surface area contributed by atoms with Gasteiger partial charge in [0.15, 0.2) is 0 Å². The number of anilines is 2. The zero-order valence-corrected chi connectivity index (χ0v) is 20.3. The number of halogens is 1.